The minimum atomic E-state index is -4.64. The van der Waals surface area contributed by atoms with Crippen LogP contribution in [-0.2, 0) is 24.6 Å². The second-order valence-corrected chi connectivity index (χ2v) is 8.34. The third-order valence-electron chi connectivity index (χ3n) is 5.91. The Morgan fingerprint density at radius 3 is 2.63 bits per heavy atom. The first-order chi connectivity index (χ1) is 16.8. The number of hydrogen-bond donors (Lipinski definition) is 0. The number of nitrogens with zero attached hydrogens (tertiary/aromatic N) is 5. The number of halogens is 3. The van der Waals surface area contributed by atoms with Gasteiger partial charge in [0.2, 0.25) is 0 Å². The topological polar surface area (TPSA) is 74.4 Å². The number of piperazine rings is 1. The van der Waals surface area contributed by atoms with E-state index < -0.39 is 23.3 Å². The van der Waals surface area contributed by atoms with Gasteiger partial charge in [-0.1, -0.05) is 30.3 Å². The summed E-state index contributed by atoms with van der Waals surface area (Å²) in [4.78, 5) is 16.7. The van der Waals surface area contributed by atoms with Crippen LogP contribution >= 0.6 is 0 Å². The molecule has 1 fully saturated rings. The van der Waals surface area contributed by atoms with Crippen molar-refractivity contribution in [3.63, 3.8) is 0 Å². The Labute approximate surface area is 200 Å². The van der Waals surface area contributed by atoms with Crippen molar-refractivity contribution in [2.24, 2.45) is 7.05 Å². The van der Waals surface area contributed by atoms with Gasteiger partial charge in [0, 0.05) is 38.6 Å². The van der Waals surface area contributed by atoms with E-state index in [9.17, 15) is 18.0 Å². The normalized spacial score (nSPS) is 16.3. The Bertz CT molecular complexity index is 1220. The first-order valence-electron chi connectivity index (χ1n) is 11.0. The zero-order valence-corrected chi connectivity index (χ0v) is 19.1. The highest BCUT2D eigenvalue weighted by atomic mass is 19.4. The third kappa shape index (κ3) is 5.63. The SMILES string of the molecule is Cn1cc(C(=O)N2CCN(c3ccc(C#N)c(C(F)(F)F)c3)CC2COCc2ccccc2)cn1. The van der Waals surface area contributed by atoms with Gasteiger partial charge in [-0.25, -0.2) is 0 Å². The van der Waals surface area contributed by atoms with E-state index in [-0.39, 0.29) is 19.1 Å². The van der Waals surface area contributed by atoms with Gasteiger partial charge in [0.15, 0.2) is 0 Å². The molecule has 2 heterocycles. The van der Waals surface area contributed by atoms with Crippen LogP contribution < -0.4 is 4.90 Å². The number of aryl methyl sites for hydroxylation is 1. The van der Waals surface area contributed by atoms with Crippen molar-refractivity contribution >= 4 is 11.6 Å². The van der Waals surface area contributed by atoms with Gasteiger partial charge in [0.1, 0.15) is 0 Å². The number of rotatable bonds is 6. The van der Waals surface area contributed by atoms with Crippen LogP contribution in [0.4, 0.5) is 18.9 Å². The van der Waals surface area contributed by atoms with E-state index in [0.717, 1.165) is 11.6 Å². The smallest absolute Gasteiger partial charge is 0.375 e. The fourth-order valence-corrected chi connectivity index (χ4v) is 4.15. The largest absolute Gasteiger partial charge is 0.417 e. The molecule has 7 nitrogen and oxygen atoms in total. The molecule has 1 aromatic heterocycles. The van der Waals surface area contributed by atoms with Crippen LogP contribution in [0.25, 0.3) is 0 Å². The lowest BCUT2D eigenvalue weighted by Gasteiger charge is -2.42. The summed E-state index contributed by atoms with van der Waals surface area (Å²) in [6.45, 7) is 1.48. The molecular formula is C25H24F3N5O2. The minimum Gasteiger partial charge on any atom is -0.375 e. The summed E-state index contributed by atoms with van der Waals surface area (Å²) in [7, 11) is 1.72. The molecule has 1 atom stereocenters. The summed E-state index contributed by atoms with van der Waals surface area (Å²) >= 11 is 0. The van der Waals surface area contributed by atoms with Crippen molar-refractivity contribution in [2.75, 3.05) is 31.1 Å². The van der Waals surface area contributed by atoms with Crippen molar-refractivity contribution in [3.05, 3.63) is 83.2 Å². The van der Waals surface area contributed by atoms with Gasteiger partial charge in [0.05, 0.1) is 48.2 Å². The van der Waals surface area contributed by atoms with Crippen molar-refractivity contribution < 1.29 is 22.7 Å². The molecule has 10 heteroatoms. The standard InChI is InChI=1S/C25H24F3N5O2/c1-31-14-20(13-30-31)24(34)33-10-9-32(15-22(33)17-35-16-18-5-3-2-4-6-18)21-8-7-19(12-29)23(11-21)25(26,27)28/h2-8,11,13-14,22H,9-10,15-17H2,1H3. The van der Waals surface area contributed by atoms with Gasteiger partial charge in [0.25, 0.3) is 5.91 Å². The number of anilines is 1. The summed E-state index contributed by atoms with van der Waals surface area (Å²) in [5.41, 5.74) is 0.370. The molecule has 2 aromatic carbocycles. The van der Waals surface area contributed by atoms with Crippen LogP contribution in [0.5, 0.6) is 0 Å². The number of carbonyl (C=O) groups is 1. The van der Waals surface area contributed by atoms with E-state index in [1.165, 1.54) is 18.3 Å². The zero-order valence-electron chi connectivity index (χ0n) is 19.1. The monoisotopic (exact) mass is 483 g/mol. The first-order valence-corrected chi connectivity index (χ1v) is 11.0. The fourth-order valence-electron chi connectivity index (χ4n) is 4.15. The van der Waals surface area contributed by atoms with E-state index in [1.807, 2.05) is 30.3 Å². The van der Waals surface area contributed by atoms with E-state index in [0.29, 0.717) is 30.9 Å². The molecule has 1 aliphatic rings. The summed E-state index contributed by atoms with van der Waals surface area (Å²) < 4.78 is 47.9. The molecule has 0 radical (unpaired) electrons. The van der Waals surface area contributed by atoms with Crippen molar-refractivity contribution in [1.29, 1.82) is 5.26 Å². The molecule has 0 bridgehead atoms. The predicted octanol–water partition coefficient (Wildman–Crippen LogP) is 3.86. The molecule has 1 aliphatic heterocycles. The Kier molecular flexibility index (Phi) is 7.07. The van der Waals surface area contributed by atoms with Crippen LogP contribution in [-0.4, -0.2) is 52.9 Å². The van der Waals surface area contributed by atoms with E-state index in [1.54, 1.807) is 33.8 Å². The van der Waals surface area contributed by atoms with Crippen molar-refractivity contribution in [1.82, 2.24) is 14.7 Å². The van der Waals surface area contributed by atoms with Crippen LogP contribution in [0, 0.1) is 11.3 Å². The zero-order chi connectivity index (χ0) is 25.0. The van der Waals surface area contributed by atoms with Crippen LogP contribution in [0.15, 0.2) is 60.9 Å². The second-order valence-electron chi connectivity index (χ2n) is 8.34. The Morgan fingerprint density at radius 2 is 1.97 bits per heavy atom. The molecule has 1 amide bonds. The lowest BCUT2D eigenvalue weighted by atomic mass is 10.0. The molecule has 35 heavy (non-hydrogen) atoms. The number of amides is 1. The molecule has 0 N–H and O–H groups in total. The average molecular weight is 483 g/mol. The van der Waals surface area contributed by atoms with Crippen molar-refractivity contribution in [2.45, 2.75) is 18.8 Å². The maximum Gasteiger partial charge on any atom is 0.417 e. The molecule has 1 unspecified atom stereocenters. The highest BCUT2D eigenvalue weighted by molar-refractivity contribution is 5.94. The van der Waals surface area contributed by atoms with Crippen molar-refractivity contribution in [3.8, 4) is 6.07 Å². The Hall–Kier alpha value is -3.84. The van der Waals surface area contributed by atoms with E-state index in [4.69, 9.17) is 10.00 Å². The molecule has 4 rings (SSSR count). The number of aromatic nitrogens is 2. The van der Waals surface area contributed by atoms with Crippen LogP contribution in [0.1, 0.15) is 27.0 Å². The number of hydrogen-bond acceptors (Lipinski definition) is 5. The average Bonchev–Trinajstić information content (AvgIpc) is 3.29. The summed E-state index contributed by atoms with van der Waals surface area (Å²) in [6.07, 6.45) is -1.52. The van der Waals surface area contributed by atoms with Gasteiger partial charge >= 0.3 is 6.18 Å². The first kappa shape index (κ1) is 24.3. The Balaban J connectivity index is 1.55. The number of carbonyl (C=O) groups excluding carboxylic acids is 1. The predicted molar refractivity (Wildman–Crippen MR) is 123 cm³/mol. The number of nitriles is 1. The summed E-state index contributed by atoms with van der Waals surface area (Å²) in [5.74, 6) is -0.207. The summed E-state index contributed by atoms with van der Waals surface area (Å²) in [6, 6.07) is 14.5. The molecule has 182 valence electrons. The van der Waals surface area contributed by atoms with Gasteiger partial charge in [-0.2, -0.15) is 23.5 Å². The number of ether oxygens (including phenoxy) is 1. The lowest BCUT2D eigenvalue weighted by molar-refractivity contribution is -0.137. The highest BCUT2D eigenvalue weighted by Crippen LogP contribution is 2.35. The van der Waals surface area contributed by atoms with Gasteiger partial charge in [-0.05, 0) is 23.8 Å². The Morgan fingerprint density at radius 1 is 1.20 bits per heavy atom. The third-order valence-corrected chi connectivity index (χ3v) is 5.91. The molecule has 0 aliphatic carbocycles. The van der Waals surface area contributed by atoms with Crippen LogP contribution in [0.2, 0.25) is 0 Å². The highest BCUT2D eigenvalue weighted by Gasteiger charge is 2.36. The summed E-state index contributed by atoms with van der Waals surface area (Å²) in [5, 5.41) is 13.2. The maximum absolute atomic E-state index is 13.5. The maximum atomic E-state index is 13.5. The second kappa shape index (κ2) is 10.2. The number of benzene rings is 2. The van der Waals surface area contributed by atoms with Gasteiger partial charge in [-0.3, -0.25) is 9.48 Å². The molecule has 1 saturated heterocycles. The van der Waals surface area contributed by atoms with E-state index in [2.05, 4.69) is 5.10 Å². The molecule has 0 saturated carbocycles. The fraction of sp³-hybridized carbons (Fsp3) is 0.320. The molecule has 3 aromatic rings. The minimum absolute atomic E-state index is 0.207. The van der Waals surface area contributed by atoms with Gasteiger partial charge in [-0.15, -0.1) is 0 Å². The quantitative estimate of drug-likeness (QED) is 0.533. The lowest BCUT2D eigenvalue weighted by Crippen LogP contribution is -2.57. The molecular weight excluding hydrogens is 459 g/mol. The number of alkyl halides is 3. The molecule has 0 spiro atoms. The van der Waals surface area contributed by atoms with Gasteiger partial charge < -0.3 is 14.5 Å². The van der Waals surface area contributed by atoms with Crippen LogP contribution in [0.3, 0.4) is 0 Å². The van der Waals surface area contributed by atoms with E-state index >= 15 is 0 Å².